The van der Waals surface area contributed by atoms with Crippen LogP contribution in [0.3, 0.4) is 0 Å². The van der Waals surface area contributed by atoms with E-state index in [1.807, 2.05) is 24.3 Å². The number of benzene rings is 1. The number of hydrogen-bond donors (Lipinski definition) is 1. The lowest BCUT2D eigenvalue weighted by atomic mass is 9.91. The predicted molar refractivity (Wildman–Crippen MR) is 82.4 cm³/mol. The van der Waals surface area contributed by atoms with E-state index in [4.69, 9.17) is 27.4 Å². The zero-order valence-corrected chi connectivity index (χ0v) is 12.5. The lowest BCUT2D eigenvalue weighted by Crippen LogP contribution is -2.51. The highest BCUT2D eigenvalue weighted by Gasteiger charge is 2.34. The van der Waals surface area contributed by atoms with Gasteiger partial charge in [0, 0.05) is 12.1 Å². The molecule has 2 aliphatic rings. The van der Waals surface area contributed by atoms with Crippen LogP contribution in [0.25, 0.3) is 0 Å². The molecule has 1 fully saturated rings. The first-order valence-corrected chi connectivity index (χ1v) is 7.49. The highest BCUT2D eigenvalue weighted by Crippen LogP contribution is 2.34. The van der Waals surface area contributed by atoms with Crippen LogP contribution in [0.5, 0.6) is 5.75 Å². The molecule has 0 bridgehead atoms. The molecule has 112 valence electrons. The fourth-order valence-corrected chi connectivity index (χ4v) is 2.98. The summed E-state index contributed by atoms with van der Waals surface area (Å²) in [7, 11) is 0. The van der Waals surface area contributed by atoms with Crippen molar-refractivity contribution in [1.29, 1.82) is 0 Å². The Morgan fingerprint density at radius 3 is 2.95 bits per heavy atom. The number of nitrogens with zero attached hydrogens (tertiary/aromatic N) is 1. The molecule has 3 rings (SSSR count). The third-order valence-electron chi connectivity index (χ3n) is 3.95. The smallest absolute Gasteiger partial charge is 0.230 e. The Balaban J connectivity index is 1.78. The van der Waals surface area contributed by atoms with Gasteiger partial charge in [0.15, 0.2) is 0 Å². The SMILES string of the molecule is NC(=S)C1CN(C(=O)C2CCOc3ccccc32)CCO1. The summed E-state index contributed by atoms with van der Waals surface area (Å²) >= 11 is 4.97. The summed E-state index contributed by atoms with van der Waals surface area (Å²) in [5.74, 6) is 0.761. The Hall–Kier alpha value is -1.66. The third kappa shape index (κ3) is 2.87. The van der Waals surface area contributed by atoms with Gasteiger partial charge in [-0.2, -0.15) is 0 Å². The Bertz CT molecular complexity index is 564. The summed E-state index contributed by atoms with van der Waals surface area (Å²) in [4.78, 5) is 14.9. The van der Waals surface area contributed by atoms with Gasteiger partial charge in [0.2, 0.25) is 5.91 Å². The van der Waals surface area contributed by atoms with E-state index < -0.39 is 0 Å². The third-order valence-corrected chi connectivity index (χ3v) is 4.21. The van der Waals surface area contributed by atoms with Crippen molar-refractivity contribution in [1.82, 2.24) is 4.90 Å². The summed E-state index contributed by atoms with van der Waals surface area (Å²) < 4.78 is 11.1. The zero-order valence-electron chi connectivity index (χ0n) is 11.7. The Morgan fingerprint density at radius 1 is 1.33 bits per heavy atom. The number of fused-ring (bicyclic) bond motifs is 1. The van der Waals surface area contributed by atoms with E-state index in [0.29, 0.717) is 37.7 Å². The van der Waals surface area contributed by atoms with E-state index in [0.717, 1.165) is 11.3 Å². The summed E-state index contributed by atoms with van der Waals surface area (Å²) in [6.07, 6.45) is 0.359. The number of rotatable bonds is 2. The average molecular weight is 306 g/mol. The molecule has 21 heavy (non-hydrogen) atoms. The first-order valence-electron chi connectivity index (χ1n) is 7.08. The minimum Gasteiger partial charge on any atom is -0.493 e. The van der Waals surface area contributed by atoms with Gasteiger partial charge in [0.05, 0.1) is 25.7 Å². The topological polar surface area (TPSA) is 64.8 Å². The first-order chi connectivity index (χ1) is 10.2. The van der Waals surface area contributed by atoms with E-state index >= 15 is 0 Å². The fourth-order valence-electron chi connectivity index (χ4n) is 2.84. The predicted octanol–water partition coefficient (Wildman–Crippen LogP) is 1.07. The average Bonchev–Trinajstić information content (AvgIpc) is 2.53. The van der Waals surface area contributed by atoms with E-state index in [1.165, 1.54) is 0 Å². The Kier molecular flexibility index (Phi) is 4.07. The molecule has 2 unspecified atom stereocenters. The number of carbonyl (C=O) groups excluding carboxylic acids is 1. The normalized spacial score (nSPS) is 24.9. The van der Waals surface area contributed by atoms with Crippen LogP contribution in [0.1, 0.15) is 17.9 Å². The molecule has 2 N–H and O–H groups in total. The Morgan fingerprint density at radius 2 is 2.14 bits per heavy atom. The number of para-hydroxylation sites is 1. The number of morpholine rings is 1. The van der Waals surface area contributed by atoms with E-state index in [9.17, 15) is 4.79 Å². The highest BCUT2D eigenvalue weighted by atomic mass is 32.1. The van der Waals surface area contributed by atoms with Crippen molar-refractivity contribution < 1.29 is 14.3 Å². The van der Waals surface area contributed by atoms with Crippen molar-refractivity contribution >= 4 is 23.1 Å². The first kappa shape index (κ1) is 14.3. The molecule has 1 aromatic rings. The van der Waals surface area contributed by atoms with Gasteiger partial charge in [-0.1, -0.05) is 30.4 Å². The number of carbonyl (C=O) groups is 1. The maximum Gasteiger partial charge on any atom is 0.230 e. The molecule has 0 saturated carbocycles. The van der Waals surface area contributed by atoms with Gasteiger partial charge in [0.1, 0.15) is 16.8 Å². The standard InChI is InChI=1S/C15H18N2O3S/c16-14(21)13-9-17(6-8-20-13)15(18)11-5-7-19-12-4-2-1-3-10(11)12/h1-4,11,13H,5-9H2,(H2,16,21). The minimum atomic E-state index is -0.340. The van der Waals surface area contributed by atoms with Crippen LogP contribution in [-0.2, 0) is 9.53 Å². The molecular formula is C15H18N2O3S. The molecule has 2 aliphatic heterocycles. The number of ether oxygens (including phenoxy) is 2. The van der Waals surface area contributed by atoms with E-state index in [-0.39, 0.29) is 17.9 Å². The minimum absolute atomic E-state index is 0.107. The van der Waals surface area contributed by atoms with Crippen molar-refractivity contribution in [2.75, 3.05) is 26.3 Å². The Labute approximate surface area is 129 Å². The van der Waals surface area contributed by atoms with Gasteiger partial charge in [-0.25, -0.2) is 0 Å². The van der Waals surface area contributed by atoms with Crippen LogP contribution >= 0.6 is 12.2 Å². The van der Waals surface area contributed by atoms with Crippen molar-refractivity contribution in [2.45, 2.75) is 18.4 Å². The summed E-state index contributed by atoms with van der Waals surface area (Å²) in [5, 5.41) is 0. The molecular weight excluding hydrogens is 288 g/mol. The molecule has 6 heteroatoms. The molecule has 1 amide bonds. The molecule has 0 spiro atoms. The molecule has 5 nitrogen and oxygen atoms in total. The van der Waals surface area contributed by atoms with Crippen LogP contribution in [0.4, 0.5) is 0 Å². The van der Waals surface area contributed by atoms with Crippen LogP contribution in [0.2, 0.25) is 0 Å². The second kappa shape index (κ2) is 5.99. The van der Waals surface area contributed by atoms with Gasteiger partial charge in [0.25, 0.3) is 0 Å². The molecule has 0 aliphatic carbocycles. The van der Waals surface area contributed by atoms with Gasteiger partial charge in [-0.15, -0.1) is 0 Å². The van der Waals surface area contributed by atoms with Gasteiger partial charge in [-0.05, 0) is 12.5 Å². The van der Waals surface area contributed by atoms with E-state index in [1.54, 1.807) is 4.90 Å². The van der Waals surface area contributed by atoms with Gasteiger partial charge in [-0.3, -0.25) is 4.79 Å². The number of nitrogens with two attached hydrogens (primary N) is 1. The van der Waals surface area contributed by atoms with E-state index in [2.05, 4.69) is 0 Å². The van der Waals surface area contributed by atoms with Crippen molar-refractivity contribution in [3.8, 4) is 5.75 Å². The largest absolute Gasteiger partial charge is 0.493 e. The molecule has 2 atom stereocenters. The second-order valence-electron chi connectivity index (χ2n) is 5.27. The van der Waals surface area contributed by atoms with Crippen molar-refractivity contribution in [2.24, 2.45) is 5.73 Å². The highest BCUT2D eigenvalue weighted by molar-refractivity contribution is 7.80. The number of thiocarbonyl (C=S) groups is 1. The van der Waals surface area contributed by atoms with Gasteiger partial charge < -0.3 is 20.1 Å². The monoisotopic (exact) mass is 306 g/mol. The van der Waals surface area contributed by atoms with Gasteiger partial charge >= 0.3 is 0 Å². The quantitative estimate of drug-likeness (QED) is 0.828. The fraction of sp³-hybridized carbons (Fsp3) is 0.467. The van der Waals surface area contributed by atoms with Crippen LogP contribution < -0.4 is 10.5 Å². The zero-order chi connectivity index (χ0) is 14.8. The van der Waals surface area contributed by atoms with Crippen molar-refractivity contribution in [3.63, 3.8) is 0 Å². The van der Waals surface area contributed by atoms with Crippen LogP contribution in [0.15, 0.2) is 24.3 Å². The number of hydrogen-bond acceptors (Lipinski definition) is 4. The molecule has 2 heterocycles. The molecule has 0 aromatic heterocycles. The maximum absolute atomic E-state index is 12.8. The number of amides is 1. The van der Waals surface area contributed by atoms with Crippen molar-refractivity contribution in [3.05, 3.63) is 29.8 Å². The summed E-state index contributed by atoms with van der Waals surface area (Å²) in [6.45, 7) is 2.06. The summed E-state index contributed by atoms with van der Waals surface area (Å²) in [5.41, 5.74) is 6.60. The lowest BCUT2D eigenvalue weighted by molar-refractivity contribution is -0.139. The lowest BCUT2D eigenvalue weighted by Gasteiger charge is -2.36. The molecule has 1 aromatic carbocycles. The molecule has 1 saturated heterocycles. The van der Waals surface area contributed by atoms with Crippen LogP contribution in [0, 0.1) is 0 Å². The maximum atomic E-state index is 12.8. The summed E-state index contributed by atoms with van der Waals surface area (Å²) in [6, 6.07) is 7.72. The van der Waals surface area contributed by atoms with Crippen LogP contribution in [-0.4, -0.2) is 48.2 Å². The second-order valence-corrected chi connectivity index (χ2v) is 5.75. The molecule has 0 radical (unpaired) electrons.